The number of benzene rings is 1. The molecule has 0 radical (unpaired) electrons. The fourth-order valence-corrected chi connectivity index (χ4v) is 2.68. The van der Waals surface area contributed by atoms with Gasteiger partial charge in [-0.2, -0.15) is 0 Å². The molecule has 140 valence electrons. The molecule has 1 aromatic heterocycles. The Labute approximate surface area is 155 Å². The van der Waals surface area contributed by atoms with Crippen LogP contribution in [0.3, 0.4) is 0 Å². The van der Waals surface area contributed by atoms with E-state index in [4.69, 9.17) is 9.47 Å². The van der Waals surface area contributed by atoms with Gasteiger partial charge in [0.1, 0.15) is 19.5 Å². The number of ether oxygens (including phenoxy) is 2. The first-order chi connectivity index (χ1) is 12.5. The molecule has 26 heavy (non-hydrogen) atoms. The maximum atomic E-state index is 5.80. The lowest BCUT2D eigenvalue weighted by atomic mass is 10.00. The fraction of sp³-hybridized carbons (Fsp3) is 0.400. The highest BCUT2D eigenvalue weighted by atomic mass is 16.6. The molecule has 2 aromatic rings. The molecule has 0 saturated carbocycles. The molecule has 0 atom stereocenters. The SMILES string of the molecule is C/C=C/COc1cc(C)c(CCOc2cc(C=NOC)n(C)n2)c(C)c1. The van der Waals surface area contributed by atoms with Gasteiger partial charge in [0.25, 0.3) is 0 Å². The summed E-state index contributed by atoms with van der Waals surface area (Å²) in [5, 5.41) is 8.06. The molecule has 0 saturated heterocycles. The van der Waals surface area contributed by atoms with Gasteiger partial charge in [0.15, 0.2) is 0 Å². The maximum absolute atomic E-state index is 5.80. The van der Waals surface area contributed by atoms with Crippen molar-refractivity contribution in [2.75, 3.05) is 20.3 Å². The van der Waals surface area contributed by atoms with E-state index in [1.807, 2.05) is 32.2 Å². The van der Waals surface area contributed by atoms with Gasteiger partial charge in [0.05, 0.1) is 18.5 Å². The minimum absolute atomic E-state index is 0.554. The van der Waals surface area contributed by atoms with Gasteiger partial charge in [0.2, 0.25) is 5.88 Å². The average Bonchev–Trinajstić information content (AvgIpc) is 2.95. The third-order valence-corrected chi connectivity index (χ3v) is 4.04. The highest BCUT2D eigenvalue weighted by Gasteiger charge is 2.08. The molecule has 6 nitrogen and oxygen atoms in total. The van der Waals surface area contributed by atoms with Gasteiger partial charge in [-0.15, -0.1) is 5.10 Å². The van der Waals surface area contributed by atoms with E-state index in [2.05, 4.69) is 41.1 Å². The number of aromatic nitrogens is 2. The van der Waals surface area contributed by atoms with Crippen LogP contribution in [0.4, 0.5) is 0 Å². The molecular formula is C20H27N3O3. The average molecular weight is 357 g/mol. The van der Waals surface area contributed by atoms with E-state index in [0.29, 0.717) is 19.1 Å². The van der Waals surface area contributed by atoms with E-state index >= 15 is 0 Å². The number of allylic oxidation sites excluding steroid dienone is 1. The summed E-state index contributed by atoms with van der Waals surface area (Å²) >= 11 is 0. The van der Waals surface area contributed by atoms with Crippen LogP contribution in [0, 0.1) is 13.8 Å². The van der Waals surface area contributed by atoms with Gasteiger partial charge in [-0.05, 0) is 49.6 Å². The molecule has 0 spiro atoms. The first kappa shape index (κ1) is 19.6. The van der Waals surface area contributed by atoms with Gasteiger partial charge >= 0.3 is 0 Å². The molecular weight excluding hydrogens is 330 g/mol. The van der Waals surface area contributed by atoms with Crippen molar-refractivity contribution in [3.05, 3.63) is 52.7 Å². The number of oxime groups is 1. The smallest absolute Gasteiger partial charge is 0.233 e. The Morgan fingerprint density at radius 3 is 2.54 bits per heavy atom. The summed E-state index contributed by atoms with van der Waals surface area (Å²) in [7, 11) is 3.34. The second-order valence-corrected chi connectivity index (χ2v) is 5.96. The molecule has 0 amide bonds. The molecule has 2 rings (SSSR count). The van der Waals surface area contributed by atoms with Crippen LogP contribution in [0.1, 0.15) is 29.3 Å². The van der Waals surface area contributed by atoms with Crippen molar-refractivity contribution in [3.8, 4) is 11.6 Å². The second-order valence-electron chi connectivity index (χ2n) is 5.96. The van der Waals surface area contributed by atoms with Gasteiger partial charge in [-0.1, -0.05) is 17.3 Å². The zero-order valence-electron chi connectivity index (χ0n) is 16.2. The van der Waals surface area contributed by atoms with Crippen molar-refractivity contribution in [1.82, 2.24) is 9.78 Å². The van der Waals surface area contributed by atoms with E-state index in [1.54, 1.807) is 10.9 Å². The molecule has 0 aliphatic heterocycles. The van der Waals surface area contributed by atoms with Crippen LogP contribution >= 0.6 is 0 Å². The summed E-state index contributed by atoms with van der Waals surface area (Å²) in [4.78, 5) is 4.69. The van der Waals surface area contributed by atoms with Gasteiger partial charge < -0.3 is 14.3 Å². The summed E-state index contributed by atoms with van der Waals surface area (Å²) in [5.41, 5.74) is 4.51. The van der Waals surface area contributed by atoms with Crippen LogP contribution < -0.4 is 9.47 Å². The summed E-state index contributed by atoms with van der Waals surface area (Å²) < 4.78 is 13.2. The first-order valence-electron chi connectivity index (χ1n) is 8.62. The molecule has 6 heteroatoms. The number of nitrogens with zero attached hydrogens (tertiary/aromatic N) is 3. The third kappa shape index (κ3) is 5.37. The standard InChI is InChI=1S/C20H27N3O3/c1-6-7-9-25-18-11-15(2)19(16(3)12-18)8-10-26-20-13-17(14-21-24-5)23(4)22-20/h6-7,11-14H,8-10H2,1-5H3/b7-6+,21-14?. The van der Waals surface area contributed by atoms with Crippen LogP contribution in [0.15, 0.2) is 35.5 Å². The van der Waals surface area contributed by atoms with E-state index < -0.39 is 0 Å². The molecule has 1 heterocycles. The minimum atomic E-state index is 0.554. The monoisotopic (exact) mass is 357 g/mol. The Hall–Kier alpha value is -2.76. The summed E-state index contributed by atoms with van der Waals surface area (Å²) in [6.45, 7) is 7.33. The van der Waals surface area contributed by atoms with Crippen LogP contribution in [-0.4, -0.2) is 36.3 Å². The maximum Gasteiger partial charge on any atom is 0.233 e. The lowest BCUT2D eigenvalue weighted by molar-refractivity contribution is 0.215. The summed E-state index contributed by atoms with van der Waals surface area (Å²) in [6.07, 6.45) is 6.38. The van der Waals surface area contributed by atoms with Crippen molar-refractivity contribution < 1.29 is 14.3 Å². The molecule has 0 N–H and O–H groups in total. The van der Waals surface area contributed by atoms with Crippen LogP contribution in [0.5, 0.6) is 11.6 Å². The van der Waals surface area contributed by atoms with E-state index in [1.165, 1.54) is 23.8 Å². The Morgan fingerprint density at radius 1 is 1.15 bits per heavy atom. The van der Waals surface area contributed by atoms with Crippen molar-refractivity contribution >= 4 is 6.21 Å². The number of aryl methyl sites for hydroxylation is 3. The predicted molar refractivity (Wildman–Crippen MR) is 103 cm³/mol. The number of hydrogen-bond donors (Lipinski definition) is 0. The predicted octanol–water partition coefficient (Wildman–Crippen LogP) is 3.59. The Morgan fingerprint density at radius 2 is 1.88 bits per heavy atom. The Kier molecular flexibility index (Phi) is 7.26. The lowest BCUT2D eigenvalue weighted by Gasteiger charge is -2.13. The minimum Gasteiger partial charge on any atom is -0.490 e. The topological polar surface area (TPSA) is 57.9 Å². The van der Waals surface area contributed by atoms with Crippen LogP contribution in [0.2, 0.25) is 0 Å². The van der Waals surface area contributed by atoms with Crippen molar-refractivity contribution in [3.63, 3.8) is 0 Å². The second kappa shape index (κ2) is 9.65. The van der Waals surface area contributed by atoms with Crippen molar-refractivity contribution in [1.29, 1.82) is 0 Å². The molecule has 0 aliphatic carbocycles. The number of hydrogen-bond acceptors (Lipinski definition) is 5. The van der Waals surface area contributed by atoms with E-state index in [-0.39, 0.29) is 0 Å². The van der Waals surface area contributed by atoms with E-state index in [0.717, 1.165) is 17.9 Å². The van der Waals surface area contributed by atoms with Gasteiger partial charge in [-0.3, -0.25) is 4.68 Å². The quantitative estimate of drug-likeness (QED) is 0.391. The summed E-state index contributed by atoms with van der Waals surface area (Å²) in [6, 6.07) is 5.98. The zero-order valence-corrected chi connectivity index (χ0v) is 16.2. The molecule has 0 unspecified atom stereocenters. The molecule has 0 bridgehead atoms. The van der Waals surface area contributed by atoms with Crippen molar-refractivity contribution in [2.45, 2.75) is 27.2 Å². The molecule has 0 fully saturated rings. The van der Waals surface area contributed by atoms with Gasteiger partial charge in [0, 0.05) is 19.5 Å². The van der Waals surface area contributed by atoms with E-state index in [9.17, 15) is 0 Å². The Balaban J connectivity index is 1.96. The highest BCUT2D eigenvalue weighted by Crippen LogP contribution is 2.23. The molecule has 0 aliphatic rings. The van der Waals surface area contributed by atoms with Crippen LogP contribution in [0.25, 0.3) is 0 Å². The van der Waals surface area contributed by atoms with Crippen LogP contribution in [-0.2, 0) is 18.3 Å². The normalized spacial score (nSPS) is 11.4. The lowest BCUT2D eigenvalue weighted by Crippen LogP contribution is -2.06. The first-order valence-corrected chi connectivity index (χ1v) is 8.62. The van der Waals surface area contributed by atoms with Gasteiger partial charge in [-0.25, -0.2) is 0 Å². The fourth-order valence-electron chi connectivity index (χ4n) is 2.68. The van der Waals surface area contributed by atoms with Crippen molar-refractivity contribution in [2.24, 2.45) is 12.2 Å². The summed E-state index contributed by atoms with van der Waals surface area (Å²) in [5.74, 6) is 1.47. The molecule has 1 aromatic carbocycles. The Bertz CT molecular complexity index is 756. The number of rotatable bonds is 9. The zero-order chi connectivity index (χ0) is 18.9. The third-order valence-electron chi connectivity index (χ3n) is 4.04. The highest BCUT2D eigenvalue weighted by molar-refractivity contribution is 5.77. The largest absolute Gasteiger partial charge is 0.490 e.